The largest absolute Gasteiger partial charge is 0.383 e. The average Bonchev–Trinajstić information content (AvgIpc) is 3.34. The molecule has 0 atom stereocenters. The predicted octanol–water partition coefficient (Wildman–Crippen LogP) is 2.96. The van der Waals surface area contributed by atoms with Gasteiger partial charge in [0.1, 0.15) is 17.1 Å². The molecular weight excluding hydrogens is 345 g/mol. The van der Waals surface area contributed by atoms with E-state index in [0.29, 0.717) is 30.1 Å². The van der Waals surface area contributed by atoms with E-state index in [0.717, 1.165) is 11.2 Å². The molecular formula is C20H20FN5O. The molecule has 7 heteroatoms. The van der Waals surface area contributed by atoms with Gasteiger partial charge in [-0.2, -0.15) is 4.99 Å². The normalized spacial score (nSPS) is 16.1. The van der Waals surface area contributed by atoms with Gasteiger partial charge in [-0.05, 0) is 54.7 Å². The number of halogens is 1. The van der Waals surface area contributed by atoms with E-state index in [1.165, 1.54) is 24.3 Å². The highest BCUT2D eigenvalue weighted by molar-refractivity contribution is 6.07. The van der Waals surface area contributed by atoms with Crippen molar-refractivity contribution in [3.63, 3.8) is 0 Å². The van der Waals surface area contributed by atoms with Gasteiger partial charge in [-0.1, -0.05) is 19.9 Å². The molecule has 0 aliphatic heterocycles. The zero-order valence-electron chi connectivity index (χ0n) is 15.2. The highest BCUT2D eigenvalue weighted by atomic mass is 19.1. The lowest BCUT2D eigenvalue weighted by molar-refractivity contribution is -0.120. The number of hydrogen-bond donors (Lipinski definition) is 1. The summed E-state index contributed by atoms with van der Waals surface area (Å²) in [6.07, 6.45) is 3.18. The Balaban J connectivity index is 1.71. The molecule has 2 heterocycles. The molecule has 2 aromatic heterocycles. The van der Waals surface area contributed by atoms with E-state index in [1.54, 1.807) is 0 Å². The first kappa shape index (κ1) is 17.3. The molecule has 27 heavy (non-hydrogen) atoms. The van der Waals surface area contributed by atoms with Crippen molar-refractivity contribution in [3.8, 4) is 0 Å². The van der Waals surface area contributed by atoms with Crippen molar-refractivity contribution in [1.82, 2.24) is 14.6 Å². The van der Waals surface area contributed by atoms with Crippen molar-refractivity contribution in [2.45, 2.75) is 38.0 Å². The standard InChI is InChI=1S/C20H20FN5O/c1-12(2)15-4-3-11-26-17(15)24-25-18(26)20(9-10-20)19(27)23-16(22)13-5-7-14(21)8-6-13/h3-8,11-12H,9-10H2,1-2H3,(H2,22,23,27). The quantitative estimate of drug-likeness (QED) is 0.569. The molecule has 0 radical (unpaired) electrons. The Hall–Kier alpha value is -3.09. The minimum atomic E-state index is -0.792. The molecule has 4 rings (SSSR count). The fraction of sp³-hybridized carbons (Fsp3) is 0.300. The summed E-state index contributed by atoms with van der Waals surface area (Å²) in [5.74, 6) is 0.258. The number of carbonyl (C=O) groups excluding carboxylic acids is 1. The van der Waals surface area contributed by atoms with E-state index in [2.05, 4.69) is 29.0 Å². The predicted molar refractivity (Wildman–Crippen MR) is 100 cm³/mol. The SMILES string of the molecule is CC(C)c1cccn2c(C3(C(=O)N=C(N)c4ccc(F)cc4)CC3)nnc12. The molecule has 138 valence electrons. The summed E-state index contributed by atoms with van der Waals surface area (Å²) >= 11 is 0. The molecule has 0 spiro atoms. The van der Waals surface area contributed by atoms with Gasteiger partial charge in [0.15, 0.2) is 11.5 Å². The smallest absolute Gasteiger partial charge is 0.261 e. The lowest BCUT2D eigenvalue weighted by Crippen LogP contribution is -2.25. The third kappa shape index (κ3) is 2.89. The molecule has 0 saturated heterocycles. The Bertz CT molecular complexity index is 1050. The number of amides is 1. The van der Waals surface area contributed by atoms with E-state index in [1.807, 2.05) is 22.7 Å². The van der Waals surface area contributed by atoms with E-state index in [-0.39, 0.29) is 17.6 Å². The number of benzene rings is 1. The Morgan fingerprint density at radius 1 is 1.22 bits per heavy atom. The molecule has 1 aromatic carbocycles. The van der Waals surface area contributed by atoms with Gasteiger partial charge in [0.25, 0.3) is 5.91 Å². The van der Waals surface area contributed by atoms with Crippen LogP contribution < -0.4 is 5.73 Å². The number of carbonyl (C=O) groups is 1. The maximum absolute atomic E-state index is 13.1. The van der Waals surface area contributed by atoms with E-state index in [4.69, 9.17) is 5.73 Å². The third-order valence-corrected chi connectivity index (χ3v) is 5.04. The second-order valence-corrected chi connectivity index (χ2v) is 7.23. The minimum absolute atomic E-state index is 0.0722. The number of aliphatic imine (C=N–C) groups is 1. The number of pyridine rings is 1. The number of rotatable bonds is 4. The summed E-state index contributed by atoms with van der Waals surface area (Å²) in [6.45, 7) is 4.19. The second-order valence-electron chi connectivity index (χ2n) is 7.23. The first-order valence-electron chi connectivity index (χ1n) is 8.91. The number of nitrogens with zero attached hydrogens (tertiary/aromatic N) is 4. The first-order valence-corrected chi connectivity index (χ1v) is 8.91. The van der Waals surface area contributed by atoms with Gasteiger partial charge in [0.2, 0.25) is 0 Å². The summed E-state index contributed by atoms with van der Waals surface area (Å²) in [4.78, 5) is 17.0. The third-order valence-electron chi connectivity index (χ3n) is 5.04. The van der Waals surface area contributed by atoms with Crippen molar-refractivity contribution in [3.05, 3.63) is 65.4 Å². The lowest BCUT2D eigenvalue weighted by atomic mass is 10.0. The van der Waals surface area contributed by atoms with Gasteiger partial charge in [-0.3, -0.25) is 9.20 Å². The fourth-order valence-corrected chi connectivity index (χ4v) is 3.27. The second kappa shape index (κ2) is 6.26. The first-order chi connectivity index (χ1) is 12.9. The Morgan fingerprint density at radius 2 is 1.93 bits per heavy atom. The van der Waals surface area contributed by atoms with Crippen LogP contribution in [0.1, 0.15) is 49.6 Å². The van der Waals surface area contributed by atoms with Crippen LogP contribution in [0.25, 0.3) is 5.65 Å². The van der Waals surface area contributed by atoms with Crippen molar-refractivity contribution >= 4 is 17.4 Å². The van der Waals surface area contributed by atoms with Crippen LogP contribution in [0.5, 0.6) is 0 Å². The summed E-state index contributed by atoms with van der Waals surface area (Å²) in [7, 11) is 0. The number of hydrogen-bond acceptors (Lipinski definition) is 3. The van der Waals surface area contributed by atoms with Gasteiger partial charge in [0, 0.05) is 11.8 Å². The Labute approximate surface area is 155 Å². The maximum atomic E-state index is 13.1. The van der Waals surface area contributed by atoms with Crippen molar-refractivity contribution in [2.24, 2.45) is 10.7 Å². The highest BCUT2D eigenvalue weighted by Gasteiger charge is 2.55. The molecule has 1 fully saturated rings. The lowest BCUT2D eigenvalue weighted by Gasteiger charge is -2.11. The van der Waals surface area contributed by atoms with Gasteiger partial charge in [-0.15, -0.1) is 10.2 Å². The molecule has 0 bridgehead atoms. The van der Waals surface area contributed by atoms with Crippen LogP contribution in [0.2, 0.25) is 0 Å². The topological polar surface area (TPSA) is 85.6 Å². The summed E-state index contributed by atoms with van der Waals surface area (Å²) in [5.41, 5.74) is 7.52. The van der Waals surface area contributed by atoms with Gasteiger partial charge < -0.3 is 5.73 Å². The molecule has 1 aliphatic rings. The van der Waals surface area contributed by atoms with Crippen LogP contribution in [0.15, 0.2) is 47.6 Å². The number of amidine groups is 1. The number of aromatic nitrogens is 3. The van der Waals surface area contributed by atoms with E-state index >= 15 is 0 Å². The van der Waals surface area contributed by atoms with Crippen LogP contribution >= 0.6 is 0 Å². The molecule has 6 nitrogen and oxygen atoms in total. The van der Waals surface area contributed by atoms with Gasteiger partial charge in [-0.25, -0.2) is 4.39 Å². The van der Waals surface area contributed by atoms with Crippen LogP contribution in [-0.2, 0) is 10.2 Å². The van der Waals surface area contributed by atoms with E-state index < -0.39 is 5.41 Å². The summed E-state index contributed by atoms with van der Waals surface area (Å²) < 4.78 is 14.9. The zero-order chi connectivity index (χ0) is 19.2. The highest BCUT2D eigenvalue weighted by Crippen LogP contribution is 2.48. The average molecular weight is 365 g/mol. The summed E-state index contributed by atoms with van der Waals surface area (Å²) in [6, 6.07) is 9.53. The van der Waals surface area contributed by atoms with Crippen molar-refractivity contribution in [2.75, 3.05) is 0 Å². The molecule has 3 aromatic rings. The fourth-order valence-electron chi connectivity index (χ4n) is 3.27. The van der Waals surface area contributed by atoms with Gasteiger partial charge in [0.05, 0.1) is 0 Å². The Morgan fingerprint density at radius 3 is 2.56 bits per heavy atom. The minimum Gasteiger partial charge on any atom is -0.383 e. The van der Waals surface area contributed by atoms with Crippen molar-refractivity contribution in [1.29, 1.82) is 0 Å². The van der Waals surface area contributed by atoms with Gasteiger partial charge >= 0.3 is 0 Å². The van der Waals surface area contributed by atoms with Crippen molar-refractivity contribution < 1.29 is 9.18 Å². The summed E-state index contributed by atoms with van der Waals surface area (Å²) in [5, 5.41) is 8.63. The maximum Gasteiger partial charge on any atom is 0.261 e. The zero-order valence-corrected chi connectivity index (χ0v) is 15.2. The molecule has 1 saturated carbocycles. The van der Waals surface area contributed by atoms with Crippen LogP contribution in [-0.4, -0.2) is 26.3 Å². The van der Waals surface area contributed by atoms with Crippen LogP contribution in [0, 0.1) is 5.82 Å². The molecule has 1 amide bonds. The molecule has 0 unspecified atom stereocenters. The monoisotopic (exact) mass is 365 g/mol. The number of fused-ring (bicyclic) bond motifs is 1. The van der Waals surface area contributed by atoms with Crippen LogP contribution in [0.3, 0.4) is 0 Å². The molecule has 2 N–H and O–H groups in total. The number of nitrogens with two attached hydrogens (primary N) is 1. The van der Waals surface area contributed by atoms with E-state index in [9.17, 15) is 9.18 Å². The van der Waals surface area contributed by atoms with Crippen LogP contribution in [0.4, 0.5) is 4.39 Å². The molecule has 1 aliphatic carbocycles. The Kier molecular flexibility index (Phi) is 4.02.